The van der Waals surface area contributed by atoms with Crippen molar-refractivity contribution >= 4 is 11.0 Å². The molecule has 1 aliphatic carbocycles. The summed E-state index contributed by atoms with van der Waals surface area (Å²) in [7, 11) is 2.90. The van der Waals surface area contributed by atoms with Gasteiger partial charge in [0.15, 0.2) is 0 Å². The van der Waals surface area contributed by atoms with E-state index in [1.807, 2.05) is 14.1 Å². The van der Waals surface area contributed by atoms with Crippen LogP contribution in [0.25, 0.3) is 0 Å². The second-order valence-corrected chi connectivity index (χ2v) is 6.19. The summed E-state index contributed by atoms with van der Waals surface area (Å²) >= 11 is 0. The average molecular weight is 215 g/mol. The summed E-state index contributed by atoms with van der Waals surface area (Å²) < 4.78 is 13.6. The van der Waals surface area contributed by atoms with Crippen molar-refractivity contribution in [3.8, 4) is 0 Å². The highest BCUT2D eigenvalue weighted by molar-refractivity contribution is 7.83. The molecule has 0 spiro atoms. The summed E-state index contributed by atoms with van der Waals surface area (Å²) in [5.74, 6) is 1.35. The number of hydrogen-bond acceptors (Lipinski definition) is 1. The van der Waals surface area contributed by atoms with E-state index in [4.69, 9.17) is 0 Å². The van der Waals surface area contributed by atoms with Crippen molar-refractivity contribution < 1.29 is 4.21 Å². The third kappa shape index (κ3) is 2.67. The van der Waals surface area contributed by atoms with Gasteiger partial charge in [-0.25, -0.2) is 8.51 Å². The summed E-state index contributed by atoms with van der Waals surface area (Å²) in [5.41, 5.74) is 0. The van der Waals surface area contributed by atoms with E-state index in [9.17, 15) is 4.21 Å². The van der Waals surface area contributed by atoms with Crippen molar-refractivity contribution in [3.05, 3.63) is 12.2 Å². The predicted molar refractivity (Wildman–Crippen MR) is 62.3 cm³/mol. The van der Waals surface area contributed by atoms with Crippen molar-refractivity contribution in [2.24, 2.45) is 11.8 Å². The average Bonchev–Trinajstić information content (AvgIpc) is 2.16. The standard InChI is InChI=1S/C11H21NOS/c1-5-10-6-7-11(8-9(10)2)14(13)12(3)4/h6-7,9-11H,5,8H2,1-4H3. The third-order valence-electron chi connectivity index (χ3n) is 3.00. The maximum Gasteiger partial charge on any atom is 0.101 e. The molecule has 2 nitrogen and oxygen atoms in total. The second kappa shape index (κ2) is 5.08. The summed E-state index contributed by atoms with van der Waals surface area (Å²) in [5, 5.41) is 0.225. The molecule has 0 heterocycles. The molecule has 1 aliphatic rings. The zero-order valence-electron chi connectivity index (χ0n) is 9.56. The van der Waals surface area contributed by atoms with Crippen LogP contribution in [0, 0.1) is 11.8 Å². The van der Waals surface area contributed by atoms with Gasteiger partial charge in [0.1, 0.15) is 11.0 Å². The highest BCUT2D eigenvalue weighted by Gasteiger charge is 2.26. The quantitative estimate of drug-likeness (QED) is 0.661. The van der Waals surface area contributed by atoms with Crippen molar-refractivity contribution in [3.63, 3.8) is 0 Å². The van der Waals surface area contributed by atoms with Crippen molar-refractivity contribution in [2.75, 3.05) is 14.1 Å². The van der Waals surface area contributed by atoms with E-state index in [1.54, 1.807) is 4.31 Å². The van der Waals surface area contributed by atoms with Gasteiger partial charge in [-0.2, -0.15) is 0 Å². The minimum atomic E-state index is -0.849. The van der Waals surface area contributed by atoms with Crippen molar-refractivity contribution in [2.45, 2.75) is 31.9 Å². The number of nitrogens with zero attached hydrogens (tertiary/aromatic N) is 1. The molecule has 0 fully saturated rings. The summed E-state index contributed by atoms with van der Waals surface area (Å²) in [6.07, 6.45) is 6.64. The first kappa shape index (κ1) is 11.9. The van der Waals surface area contributed by atoms with Gasteiger partial charge in [0.2, 0.25) is 0 Å². The maximum atomic E-state index is 11.8. The Bertz CT molecular complexity index is 237. The lowest BCUT2D eigenvalue weighted by molar-refractivity contribution is 0.377. The largest absolute Gasteiger partial charge is 0.242 e. The zero-order chi connectivity index (χ0) is 10.7. The molecule has 0 aromatic carbocycles. The molecule has 0 aromatic heterocycles. The summed E-state index contributed by atoms with van der Waals surface area (Å²) in [6, 6.07) is 0. The molecule has 0 radical (unpaired) electrons. The minimum Gasteiger partial charge on any atom is -0.242 e. The highest BCUT2D eigenvalue weighted by Crippen LogP contribution is 2.29. The summed E-state index contributed by atoms with van der Waals surface area (Å²) in [4.78, 5) is 0. The van der Waals surface area contributed by atoms with Crippen LogP contribution in [-0.4, -0.2) is 27.9 Å². The molecule has 0 saturated carbocycles. The van der Waals surface area contributed by atoms with Gasteiger partial charge in [0.05, 0.1) is 5.25 Å². The van der Waals surface area contributed by atoms with Gasteiger partial charge < -0.3 is 0 Å². The first-order valence-corrected chi connectivity index (χ1v) is 6.49. The Morgan fingerprint density at radius 1 is 1.43 bits per heavy atom. The number of hydrogen-bond donors (Lipinski definition) is 0. The molecule has 82 valence electrons. The first-order chi connectivity index (χ1) is 6.56. The molecule has 4 atom stereocenters. The monoisotopic (exact) mass is 215 g/mol. The Labute approximate surface area is 90.0 Å². The smallest absolute Gasteiger partial charge is 0.101 e. The van der Waals surface area contributed by atoms with E-state index in [1.165, 1.54) is 6.42 Å². The first-order valence-electron chi connectivity index (χ1n) is 5.32. The van der Waals surface area contributed by atoms with Crippen LogP contribution in [0.2, 0.25) is 0 Å². The van der Waals surface area contributed by atoms with E-state index >= 15 is 0 Å². The van der Waals surface area contributed by atoms with E-state index in [0.717, 1.165) is 6.42 Å². The van der Waals surface area contributed by atoms with Gasteiger partial charge in [0.25, 0.3) is 0 Å². The van der Waals surface area contributed by atoms with Crippen LogP contribution in [0.1, 0.15) is 26.7 Å². The van der Waals surface area contributed by atoms with Crippen LogP contribution >= 0.6 is 0 Å². The Morgan fingerprint density at radius 2 is 2.07 bits per heavy atom. The molecule has 0 aliphatic heterocycles. The maximum absolute atomic E-state index is 11.8. The van der Waals surface area contributed by atoms with Gasteiger partial charge >= 0.3 is 0 Å². The van der Waals surface area contributed by atoms with Crippen LogP contribution in [0.15, 0.2) is 12.2 Å². The Balaban J connectivity index is 2.65. The van der Waals surface area contributed by atoms with E-state index in [2.05, 4.69) is 26.0 Å². The molecule has 0 amide bonds. The lowest BCUT2D eigenvalue weighted by Gasteiger charge is -2.29. The van der Waals surface area contributed by atoms with E-state index in [-0.39, 0.29) is 5.25 Å². The van der Waals surface area contributed by atoms with Crippen LogP contribution in [0.4, 0.5) is 0 Å². The normalized spacial score (nSPS) is 34.8. The lowest BCUT2D eigenvalue weighted by atomic mass is 9.84. The lowest BCUT2D eigenvalue weighted by Crippen LogP contribution is -2.31. The molecule has 0 bridgehead atoms. The van der Waals surface area contributed by atoms with Gasteiger partial charge in [-0.15, -0.1) is 0 Å². The number of rotatable bonds is 3. The fourth-order valence-electron chi connectivity index (χ4n) is 2.03. The molecule has 4 unspecified atom stereocenters. The topological polar surface area (TPSA) is 20.3 Å². The van der Waals surface area contributed by atoms with Crippen LogP contribution in [-0.2, 0) is 11.0 Å². The van der Waals surface area contributed by atoms with Crippen LogP contribution in [0.3, 0.4) is 0 Å². The van der Waals surface area contributed by atoms with Crippen molar-refractivity contribution in [1.29, 1.82) is 0 Å². The Hall–Kier alpha value is -0.150. The molecular weight excluding hydrogens is 194 g/mol. The van der Waals surface area contributed by atoms with E-state index < -0.39 is 11.0 Å². The Morgan fingerprint density at radius 3 is 2.50 bits per heavy atom. The molecule has 3 heteroatoms. The fourth-order valence-corrected chi connectivity index (χ4v) is 3.27. The molecule has 1 rings (SSSR count). The molecule has 0 N–H and O–H groups in total. The van der Waals surface area contributed by atoms with E-state index in [0.29, 0.717) is 11.8 Å². The van der Waals surface area contributed by atoms with Gasteiger partial charge in [0, 0.05) is 0 Å². The van der Waals surface area contributed by atoms with Gasteiger partial charge in [-0.05, 0) is 38.8 Å². The SMILES string of the molecule is CCC1C=CC(S(=O)N(C)C)CC1C. The summed E-state index contributed by atoms with van der Waals surface area (Å²) in [6.45, 7) is 4.48. The molecule has 0 saturated heterocycles. The zero-order valence-corrected chi connectivity index (χ0v) is 10.4. The third-order valence-corrected chi connectivity index (χ3v) is 4.59. The van der Waals surface area contributed by atoms with Crippen molar-refractivity contribution in [1.82, 2.24) is 4.31 Å². The minimum absolute atomic E-state index is 0.225. The van der Waals surface area contributed by atoms with Gasteiger partial charge in [-0.3, -0.25) is 0 Å². The highest BCUT2D eigenvalue weighted by atomic mass is 32.2. The number of allylic oxidation sites excluding steroid dienone is 1. The molecule has 14 heavy (non-hydrogen) atoms. The fraction of sp³-hybridized carbons (Fsp3) is 0.818. The Kier molecular flexibility index (Phi) is 4.32. The van der Waals surface area contributed by atoms with Gasteiger partial charge in [-0.1, -0.05) is 26.0 Å². The van der Waals surface area contributed by atoms with Crippen LogP contribution < -0.4 is 0 Å². The second-order valence-electron chi connectivity index (χ2n) is 4.30. The molecular formula is C11H21NOS. The van der Waals surface area contributed by atoms with Crippen LogP contribution in [0.5, 0.6) is 0 Å². The predicted octanol–water partition coefficient (Wildman–Crippen LogP) is 2.20. The molecule has 0 aromatic rings.